The summed E-state index contributed by atoms with van der Waals surface area (Å²) in [7, 11) is 3.50. The van der Waals surface area contributed by atoms with E-state index in [0.717, 1.165) is 24.4 Å². The third-order valence-electron chi connectivity index (χ3n) is 4.60. The molecule has 4 rings (SSSR count). The first-order valence-corrected chi connectivity index (χ1v) is 8.99. The van der Waals surface area contributed by atoms with Crippen LogP contribution in [0.1, 0.15) is 28.2 Å². The number of tetrazole rings is 1. The van der Waals surface area contributed by atoms with Crippen LogP contribution < -0.4 is 5.32 Å². The molecule has 4 heterocycles. The molecule has 11 heteroatoms. The molecule has 0 aromatic carbocycles. The number of aryl methyl sites for hydroxylation is 1. The van der Waals surface area contributed by atoms with E-state index in [1.165, 1.54) is 4.52 Å². The number of aromatic nitrogens is 6. The summed E-state index contributed by atoms with van der Waals surface area (Å²) in [6.45, 7) is 2.25. The Hall–Kier alpha value is -3.50. The number of fused-ring (bicyclic) bond motifs is 2. The van der Waals surface area contributed by atoms with Gasteiger partial charge < -0.3 is 15.1 Å². The summed E-state index contributed by atoms with van der Waals surface area (Å²) in [5, 5.41) is 18.6. The van der Waals surface area contributed by atoms with Gasteiger partial charge >= 0.3 is 6.03 Å². The molecule has 28 heavy (non-hydrogen) atoms. The molecule has 1 aliphatic rings. The summed E-state index contributed by atoms with van der Waals surface area (Å²) in [5.41, 5.74) is 2.76. The Balaban J connectivity index is 1.43. The van der Waals surface area contributed by atoms with E-state index >= 15 is 0 Å². The lowest BCUT2D eigenvalue weighted by Crippen LogP contribution is -2.38. The van der Waals surface area contributed by atoms with Gasteiger partial charge in [-0.1, -0.05) is 0 Å². The van der Waals surface area contributed by atoms with Crippen molar-refractivity contribution in [2.45, 2.75) is 26.1 Å². The van der Waals surface area contributed by atoms with Crippen molar-refractivity contribution in [1.29, 1.82) is 0 Å². The summed E-state index contributed by atoms with van der Waals surface area (Å²) in [6.07, 6.45) is 2.42. The van der Waals surface area contributed by atoms with Gasteiger partial charge in [-0.25, -0.2) is 4.79 Å². The lowest BCUT2D eigenvalue weighted by Gasteiger charge is -2.23. The number of carbonyl (C=O) groups excluding carboxylic acids is 2. The highest BCUT2D eigenvalue weighted by molar-refractivity contribution is 5.94. The monoisotopic (exact) mass is 383 g/mol. The van der Waals surface area contributed by atoms with Gasteiger partial charge in [0.05, 0.1) is 30.0 Å². The fourth-order valence-corrected chi connectivity index (χ4v) is 3.20. The lowest BCUT2D eigenvalue weighted by molar-refractivity contribution is 0.0949. The minimum absolute atomic E-state index is 0.0116. The number of rotatable bonds is 3. The van der Waals surface area contributed by atoms with Gasteiger partial charge in [0.1, 0.15) is 0 Å². The van der Waals surface area contributed by atoms with Crippen LogP contribution in [0.4, 0.5) is 4.79 Å². The number of hydrogen-bond acceptors (Lipinski definition) is 6. The molecule has 0 spiro atoms. The van der Waals surface area contributed by atoms with Crippen LogP contribution in [0.15, 0.2) is 24.4 Å². The molecule has 146 valence electrons. The molecular formula is C17H21N9O2. The van der Waals surface area contributed by atoms with E-state index in [1.807, 2.05) is 15.6 Å². The Kier molecular flexibility index (Phi) is 4.63. The molecule has 3 aromatic heterocycles. The van der Waals surface area contributed by atoms with Crippen molar-refractivity contribution in [1.82, 2.24) is 44.9 Å². The molecule has 0 saturated heterocycles. The minimum atomic E-state index is -0.231. The van der Waals surface area contributed by atoms with Crippen LogP contribution in [0.5, 0.6) is 0 Å². The van der Waals surface area contributed by atoms with E-state index in [0.29, 0.717) is 30.8 Å². The second kappa shape index (κ2) is 7.25. The Morgan fingerprint density at radius 2 is 2.11 bits per heavy atom. The highest BCUT2D eigenvalue weighted by atomic mass is 16.2. The molecule has 0 atom stereocenters. The molecule has 11 nitrogen and oxygen atoms in total. The lowest BCUT2D eigenvalue weighted by atomic mass is 10.2. The van der Waals surface area contributed by atoms with E-state index in [-0.39, 0.29) is 11.9 Å². The predicted molar refractivity (Wildman–Crippen MR) is 98.3 cm³/mol. The van der Waals surface area contributed by atoms with Crippen molar-refractivity contribution in [3.8, 4) is 0 Å². The van der Waals surface area contributed by atoms with Crippen LogP contribution in [0, 0.1) is 0 Å². The second-order valence-electron chi connectivity index (χ2n) is 6.88. The molecular weight excluding hydrogens is 362 g/mol. The Morgan fingerprint density at radius 1 is 1.25 bits per heavy atom. The average molecular weight is 383 g/mol. The molecule has 0 saturated carbocycles. The molecule has 0 radical (unpaired) electrons. The summed E-state index contributed by atoms with van der Waals surface area (Å²) < 4.78 is 3.36. The van der Waals surface area contributed by atoms with Crippen LogP contribution >= 0.6 is 0 Å². The molecule has 1 N–H and O–H groups in total. The zero-order valence-corrected chi connectivity index (χ0v) is 15.7. The van der Waals surface area contributed by atoms with Gasteiger partial charge in [-0.05, 0) is 35.0 Å². The molecule has 3 amide bonds. The number of carbonyl (C=O) groups is 2. The Bertz CT molecular complexity index is 1020. The molecule has 0 unspecified atom stereocenters. The molecule has 1 aliphatic heterocycles. The standard InChI is InChI=1S/C17H21N9O2/c1-23(2)17(28)24-6-3-7-25-14(11-24)8-13(20-25)9-18-16(27)12-4-5-15-19-21-22-26(15)10-12/h4-5,8,10H,3,6-7,9,11H2,1-2H3,(H,18,27). The fraction of sp³-hybridized carbons (Fsp3) is 0.412. The van der Waals surface area contributed by atoms with Crippen LogP contribution in [-0.2, 0) is 19.6 Å². The van der Waals surface area contributed by atoms with E-state index < -0.39 is 0 Å². The number of amides is 3. The molecule has 0 bridgehead atoms. The highest BCUT2D eigenvalue weighted by Crippen LogP contribution is 2.15. The molecule has 0 fully saturated rings. The van der Waals surface area contributed by atoms with Gasteiger partial charge in [0.25, 0.3) is 5.91 Å². The van der Waals surface area contributed by atoms with E-state index in [4.69, 9.17) is 0 Å². The third-order valence-corrected chi connectivity index (χ3v) is 4.60. The first-order chi connectivity index (χ1) is 13.5. The highest BCUT2D eigenvalue weighted by Gasteiger charge is 2.21. The number of pyridine rings is 1. The molecule has 0 aliphatic carbocycles. The molecule has 3 aromatic rings. The number of urea groups is 1. The number of nitrogens with zero attached hydrogens (tertiary/aromatic N) is 8. The predicted octanol–water partition coefficient (Wildman–Crippen LogP) is 0.138. The minimum Gasteiger partial charge on any atom is -0.346 e. The van der Waals surface area contributed by atoms with Crippen molar-refractivity contribution >= 4 is 17.6 Å². The Labute approximate surface area is 160 Å². The van der Waals surface area contributed by atoms with Crippen LogP contribution in [-0.4, -0.2) is 72.2 Å². The average Bonchev–Trinajstić information content (AvgIpc) is 3.26. The van der Waals surface area contributed by atoms with Crippen LogP contribution in [0.2, 0.25) is 0 Å². The zero-order valence-electron chi connectivity index (χ0n) is 15.7. The van der Waals surface area contributed by atoms with E-state index in [2.05, 4.69) is 25.9 Å². The first kappa shape index (κ1) is 17.9. The fourth-order valence-electron chi connectivity index (χ4n) is 3.20. The van der Waals surface area contributed by atoms with Gasteiger partial charge in [-0.2, -0.15) is 9.61 Å². The van der Waals surface area contributed by atoms with Crippen molar-refractivity contribution in [3.63, 3.8) is 0 Å². The van der Waals surface area contributed by atoms with Crippen molar-refractivity contribution < 1.29 is 9.59 Å². The van der Waals surface area contributed by atoms with Gasteiger partial charge in [0, 0.05) is 33.4 Å². The second-order valence-corrected chi connectivity index (χ2v) is 6.88. The summed E-state index contributed by atoms with van der Waals surface area (Å²) >= 11 is 0. The summed E-state index contributed by atoms with van der Waals surface area (Å²) in [5.74, 6) is -0.231. The maximum absolute atomic E-state index is 12.4. The van der Waals surface area contributed by atoms with Crippen molar-refractivity contribution in [3.05, 3.63) is 41.3 Å². The third kappa shape index (κ3) is 3.50. The largest absolute Gasteiger partial charge is 0.346 e. The van der Waals surface area contributed by atoms with Crippen LogP contribution in [0.25, 0.3) is 5.65 Å². The smallest absolute Gasteiger partial charge is 0.319 e. The maximum atomic E-state index is 12.4. The van der Waals surface area contributed by atoms with Gasteiger partial charge in [0.15, 0.2) is 5.65 Å². The number of hydrogen-bond donors (Lipinski definition) is 1. The van der Waals surface area contributed by atoms with E-state index in [1.54, 1.807) is 37.3 Å². The quantitative estimate of drug-likeness (QED) is 0.688. The first-order valence-electron chi connectivity index (χ1n) is 8.99. The maximum Gasteiger partial charge on any atom is 0.319 e. The summed E-state index contributed by atoms with van der Waals surface area (Å²) in [4.78, 5) is 28.1. The Morgan fingerprint density at radius 3 is 2.93 bits per heavy atom. The SMILES string of the molecule is CN(C)C(=O)N1CCCn2nc(CNC(=O)c3ccc4nnnn4c3)cc2C1. The van der Waals surface area contributed by atoms with Gasteiger partial charge in [0.2, 0.25) is 0 Å². The zero-order chi connectivity index (χ0) is 19.7. The van der Waals surface area contributed by atoms with Crippen LogP contribution in [0.3, 0.4) is 0 Å². The normalized spacial score (nSPS) is 13.9. The summed E-state index contributed by atoms with van der Waals surface area (Å²) in [6, 6.07) is 5.28. The van der Waals surface area contributed by atoms with E-state index in [9.17, 15) is 9.59 Å². The van der Waals surface area contributed by atoms with Crippen molar-refractivity contribution in [2.24, 2.45) is 0 Å². The topological polar surface area (TPSA) is 114 Å². The number of nitrogens with one attached hydrogen (secondary N) is 1. The van der Waals surface area contributed by atoms with Crippen molar-refractivity contribution in [2.75, 3.05) is 20.6 Å². The van der Waals surface area contributed by atoms with Gasteiger partial charge in [-0.15, -0.1) is 5.10 Å². The van der Waals surface area contributed by atoms with Gasteiger partial charge in [-0.3, -0.25) is 9.48 Å².